The second kappa shape index (κ2) is 2.85. The summed E-state index contributed by atoms with van der Waals surface area (Å²) < 4.78 is 0. The molecule has 0 saturated heterocycles. The monoisotopic (exact) mass is 164 g/mol. The van der Waals surface area contributed by atoms with E-state index in [1.807, 2.05) is 13.1 Å². The molecule has 0 amide bonds. The Morgan fingerprint density at radius 1 is 1.17 bits per heavy atom. The number of rotatable bonds is 0. The second-order valence-corrected chi connectivity index (χ2v) is 4.24. The van der Waals surface area contributed by atoms with Crippen molar-refractivity contribution < 1.29 is 0 Å². The molecule has 66 valence electrons. The molecule has 1 aromatic heterocycles. The highest BCUT2D eigenvalue weighted by Crippen LogP contribution is 2.26. The van der Waals surface area contributed by atoms with E-state index in [9.17, 15) is 0 Å². The standard InChI is InChI=1S/C10H16N2/c1-7-6-11-12-8(2)9(7)10(3,4)5/h6H,1-5H3. The summed E-state index contributed by atoms with van der Waals surface area (Å²) in [6.45, 7) is 10.7. The van der Waals surface area contributed by atoms with Gasteiger partial charge < -0.3 is 0 Å². The van der Waals surface area contributed by atoms with E-state index in [-0.39, 0.29) is 5.41 Å². The van der Waals surface area contributed by atoms with Gasteiger partial charge in [-0.25, -0.2) is 0 Å². The fourth-order valence-electron chi connectivity index (χ4n) is 1.74. The molecule has 0 N–H and O–H groups in total. The molecule has 0 saturated carbocycles. The third-order valence-corrected chi connectivity index (χ3v) is 1.97. The van der Waals surface area contributed by atoms with E-state index in [4.69, 9.17) is 0 Å². The highest BCUT2D eigenvalue weighted by atomic mass is 15.1. The third kappa shape index (κ3) is 1.63. The summed E-state index contributed by atoms with van der Waals surface area (Å²) in [5, 5.41) is 7.96. The first-order chi connectivity index (χ1) is 5.43. The Morgan fingerprint density at radius 2 is 1.75 bits per heavy atom. The smallest absolute Gasteiger partial charge is 0.0640 e. The van der Waals surface area contributed by atoms with Gasteiger partial charge in [-0.3, -0.25) is 0 Å². The van der Waals surface area contributed by atoms with Gasteiger partial charge in [-0.2, -0.15) is 10.2 Å². The highest BCUT2D eigenvalue weighted by molar-refractivity contribution is 5.32. The molecular formula is C10H16N2. The Balaban J connectivity index is 3.31. The number of aromatic nitrogens is 2. The molecule has 0 aliphatic carbocycles. The first-order valence-electron chi connectivity index (χ1n) is 4.22. The zero-order valence-electron chi connectivity index (χ0n) is 8.47. The molecule has 1 aromatic rings. The van der Waals surface area contributed by atoms with Crippen molar-refractivity contribution in [1.29, 1.82) is 0 Å². The molecule has 0 aliphatic heterocycles. The predicted octanol–water partition coefficient (Wildman–Crippen LogP) is 2.39. The van der Waals surface area contributed by atoms with E-state index >= 15 is 0 Å². The van der Waals surface area contributed by atoms with Crippen LogP contribution in [-0.2, 0) is 5.41 Å². The summed E-state index contributed by atoms with van der Waals surface area (Å²) in [6.07, 6.45) is 1.83. The van der Waals surface area contributed by atoms with Gasteiger partial charge in [0.05, 0.1) is 11.9 Å². The van der Waals surface area contributed by atoms with Gasteiger partial charge >= 0.3 is 0 Å². The summed E-state index contributed by atoms with van der Waals surface area (Å²) in [4.78, 5) is 0. The van der Waals surface area contributed by atoms with Crippen molar-refractivity contribution in [3.8, 4) is 0 Å². The summed E-state index contributed by atoms with van der Waals surface area (Å²) >= 11 is 0. The van der Waals surface area contributed by atoms with E-state index in [1.165, 1.54) is 11.1 Å². The lowest BCUT2D eigenvalue weighted by Crippen LogP contribution is -2.16. The molecule has 1 heterocycles. The molecule has 0 fully saturated rings. The maximum absolute atomic E-state index is 4.06. The van der Waals surface area contributed by atoms with Crippen molar-refractivity contribution in [2.24, 2.45) is 0 Å². The lowest BCUT2D eigenvalue weighted by atomic mass is 9.84. The topological polar surface area (TPSA) is 25.8 Å². The van der Waals surface area contributed by atoms with Crippen LogP contribution in [-0.4, -0.2) is 10.2 Å². The molecule has 0 unspecified atom stereocenters. The van der Waals surface area contributed by atoms with Crippen LogP contribution in [0.15, 0.2) is 6.20 Å². The number of aryl methyl sites for hydroxylation is 2. The SMILES string of the molecule is Cc1cnnc(C)c1C(C)(C)C. The Labute approximate surface area is 74.0 Å². The molecule has 0 radical (unpaired) electrons. The molecular weight excluding hydrogens is 148 g/mol. The molecule has 2 nitrogen and oxygen atoms in total. The highest BCUT2D eigenvalue weighted by Gasteiger charge is 2.19. The van der Waals surface area contributed by atoms with Crippen molar-refractivity contribution in [2.45, 2.75) is 40.0 Å². The molecule has 0 aliphatic rings. The third-order valence-electron chi connectivity index (χ3n) is 1.97. The maximum atomic E-state index is 4.06. The molecule has 1 rings (SSSR count). The molecule has 0 bridgehead atoms. The fraction of sp³-hybridized carbons (Fsp3) is 0.600. The minimum Gasteiger partial charge on any atom is -0.159 e. The van der Waals surface area contributed by atoms with E-state index in [1.54, 1.807) is 0 Å². The van der Waals surface area contributed by atoms with Gasteiger partial charge in [-0.15, -0.1) is 0 Å². The Bertz CT molecular complexity index is 264. The Morgan fingerprint density at radius 3 is 2.08 bits per heavy atom. The quantitative estimate of drug-likeness (QED) is 0.588. The van der Waals surface area contributed by atoms with Gasteiger partial charge in [0, 0.05) is 0 Å². The van der Waals surface area contributed by atoms with Gasteiger partial charge in [0.15, 0.2) is 0 Å². The van der Waals surface area contributed by atoms with Gasteiger partial charge in [0.2, 0.25) is 0 Å². The lowest BCUT2D eigenvalue weighted by molar-refractivity contribution is 0.574. The van der Waals surface area contributed by atoms with E-state index in [0.29, 0.717) is 0 Å². The van der Waals surface area contributed by atoms with Gasteiger partial charge in [0.25, 0.3) is 0 Å². The van der Waals surface area contributed by atoms with E-state index < -0.39 is 0 Å². The van der Waals surface area contributed by atoms with Crippen LogP contribution in [0.25, 0.3) is 0 Å². The number of hydrogen-bond donors (Lipinski definition) is 0. The second-order valence-electron chi connectivity index (χ2n) is 4.24. The molecule has 0 aromatic carbocycles. The Kier molecular flexibility index (Phi) is 2.18. The molecule has 2 heteroatoms. The molecule has 0 atom stereocenters. The Hall–Kier alpha value is -0.920. The van der Waals surface area contributed by atoms with Crippen LogP contribution in [0.3, 0.4) is 0 Å². The average molecular weight is 164 g/mol. The fourth-order valence-corrected chi connectivity index (χ4v) is 1.74. The van der Waals surface area contributed by atoms with Crippen molar-refractivity contribution >= 4 is 0 Å². The summed E-state index contributed by atoms with van der Waals surface area (Å²) in [5.41, 5.74) is 3.76. The van der Waals surface area contributed by atoms with Crippen LogP contribution in [0.5, 0.6) is 0 Å². The minimum absolute atomic E-state index is 0.171. The first kappa shape index (κ1) is 9.17. The molecule has 0 spiro atoms. The van der Waals surface area contributed by atoms with Crippen LogP contribution < -0.4 is 0 Å². The summed E-state index contributed by atoms with van der Waals surface area (Å²) in [6, 6.07) is 0. The van der Waals surface area contributed by atoms with Crippen LogP contribution in [0.1, 0.15) is 37.6 Å². The lowest BCUT2D eigenvalue weighted by Gasteiger charge is -2.22. The largest absolute Gasteiger partial charge is 0.159 e. The van der Waals surface area contributed by atoms with E-state index in [0.717, 1.165) is 5.69 Å². The van der Waals surface area contributed by atoms with Crippen LogP contribution in [0, 0.1) is 13.8 Å². The van der Waals surface area contributed by atoms with E-state index in [2.05, 4.69) is 37.9 Å². The number of hydrogen-bond acceptors (Lipinski definition) is 2. The van der Waals surface area contributed by atoms with Crippen LogP contribution in [0.2, 0.25) is 0 Å². The average Bonchev–Trinajstić information content (AvgIpc) is 1.82. The van der Waals surface area contributed by atoms with Crippen LogP contribution in [0.4, 0.5) is 0 Å². The van der Waals surface area contributed by atoms with Gasteiger partial charge in [0.1, 0.15) is 0 Å². The van der Waals surface area contributed by atoms with Gasteiger partial charge in [-0.05, 0) is 30.4 Å². The normalized spacial score (nSPS) is 11.8. The first-order valence-corrected chi connectivity index (χ1v) is 4.22. The zero-order valence-corrected chi connectivity index (χ0v) is 8.47. The minimum atomic E-state index is 0.171. The van der Waals surface area contributed by atoms with Crippen LogP contribution >= 0.6 is 0 Å². The molecule has 12 heavy (non-hydrogen) atoms. The van der Waals surface area contributed by atoms with Gasteiger partial charge in [-0.1, -0.05) is 20.8 Å². The van der Waals surface area contributed by atoms with Crippen molar-refractivity contribution in [1.82, 2.24) is 10.2 Å². The predicted molar refractivity (Wildman–Crippen MR) is 50.2 cm³/mol. The van der Waals surface area contributed by atoms with Crippen molar-refractivity contribution in [2.75, 3.05) is 0 Å². The van der Waals surface area contributed by atoms with Crippen molar-refractivity contribution in [3.05, 3.63) is 23.0 Å². The summed E-state index contributed by atoms with van der Waals surface area (Å²) in [7, 11) is 0. The number of nitrogens with zero attached hydrogens (tertiary/aromatic N) is 2. The van der Waals surface area contributed by atoms with Crippen molar-refractivity contribution in [3.63, 3.8) is 0 Å². The zero-order chi connectivity index (χ0) is 9.35. The summed E-state index contributed by atoms with van der Waals surface area (Å²) in [5.74, 6) is 0. The maximum Gasteiger partial charge on any atom is 0.0640 e.